The topological polar surface area (TPSA) is 47.6 Å². The first-order valence-corrected chi connectivity index (χ1v) is 8.60. The molecule has 21 heavy (non-hydrogen) atoms. The number of carbonyl (C=O) groups is 1. The molecule has 1 atom stereocenters. The molecule has 0 aromatic carbocycles. The molecule has 0 aromatic heterocycles. The third-order valence-corrected chi connectivity index (χ3v) is 3.68. The van der Waals surface area contributed by atoms with Gasteiger partial charge in [-0.1, -0.05) is 46.0 Å². The fourth-order valence-electron chi connectivity index (χ4n) is 2.31. The molecule has 0 bridgehead atoms. The van der Waals surface area contributed by atoms with E-state index in [1.165, 1.54) is 32.1 Å². The largest absolute Gasteiger partial charge is 0.465 e. The zero-order valence-corrected chi connectivity index (χ0v) is 14.5. The second-order valence-electron chi connectivity index (χ2n) is 5.71. The zero-order valence-electron chi connectivity index (χ0n) is 14.5. The molecule has 0 aromatic rings. The van der Waals surface area contributed by atoms with Crippen LogP contribution in [0, 0.1) is 0 Å². The number of likely N-dealkylation sites (N-methyl/N-ethyl adjacent to an activating group) is 1. The molecular weight excluding hydrogens is 266 g/mol. The predicted molar refractivity (Wildman–Crippen MR) is 87.5 cm³/mol. The van der Waals surface area contributed by atoms with Gasteiger partial charge in [-0.25, -0.2) is 0 Å². The average molecular weight is 301 g/mol. The molecule has 1 unspecified atom stereocenters. The Hall–Kier alpha value is -0.610. The molecule has 0 fully saturated rings. The van der Waals surface area contributed by atoms with E-state index in [9.17, 15) is 4.79 Å². The molecule has 0 aliphatic heterocycles. The molecule has 0 rings (SSSR count). The summed E-state index contributed by atoms with van der Waals surface area (Å²) in [6.07, 6.45) is 8.25. The van der Waals surface area contributed by atoms with Gasteiger partial charge in [0.2, 0.25) is 0 Å². The summed E-state index contributed by atoms with van der Waals surface area (Å²) in [4.78, 5) is 12.0. The van der Waals surface area contributed by atoms with E-state index < -0.39 is 5.54 Å². The summed E-state index contributed by atoms with van der Waals surface area (Å²) in [5, 5.41) is 3.21. The molecule has 0 aliphatic carbocycles. The Morgan fingerprint density at radius 1 is 1.00 bits per heavy atom. The van der Waals surface area contributed by atoms with E-state index in [4.69, 9.17) is 9.47 Å². The number of nitrogens with one attached hydrogen (secondary N) is 1. The van der Waals surface area contributed by atoms with Gasteiger partial charge in [0.05, 0.1) is 6.61 Å². The lowest BCUT2D eigenvalue weighted by Gasteiger charge is -2.27. The molecular formula is C17H35NO3. The van der Waals surface area contributed by atoms with Crippen LogP contribution in [0.3, 0.4) is 0 Å². The molecule has 0 radical (unpaired) electrons. The predicted octanol–water partition coefficient (Wildman–Crippen LogP) is 3.68. The van der Waals surface area contributed by atoms with Crippen molar-refractivity contribution in [1.29, 1.82) is 0 Å². The van der Waals surface area contributed by atoms with E-state index in [1.54, 1.807) is 0 Å². The standard InChI is InChI=1S/C17H35NO3/c1-5-8-9-10-11-12-14-20-15-13-17(4,18-6-2)16(19)21-7-3/h18H,5-15H2,1-4H3. The fraction of sp³-hybridized carbons (Fsp3) is 0.941. The molecule has 0 spiro atoms. The summed E-state index contributed by atoms with van der Waals surface area (Å²) in [6, 6.07) is 0. The summed E-state index contributed by atoms with van der Waals surface area (Å²) in [5.74, 6) is -0.185. The molecule has 0 saturated carbocycles. The van der Waals surface area contributed by atoms with Gasteiger partial charge in [-0.2, -0.15) is 0 Å². The normalized spacial score (nSPS) is 13.9. The van der Waals surface area contributed by atoms with Crippen molar-refractivity contribution in [3.8, 4) is 0 Å². The summed E-state index contributed by atoms with van der Waals surface area (Å²) < 4.78 is 10.8. The number of esters is 1. The Balaban J connectivity index is 3.76. The van der Waals surface area contributed by atoms with Crippen LogP contribution in [0.1, 0.15) is 72.6 Å². The number of hydrogen-bond donors (Lipinski definition) is 1. The Morgan fingerprint density at radius 3 is 2.29 bits per heavy atom. The maximum Gasteiger partial charge on any atom is 0.326 e. The van der Waals surface area contributed by atoms with E-state index in [0.29, 0.717) is 19.6 Å². The first-order chi connectivity index (χ1) is 10.1. The van der Waals surface area contributed by atoms with Gasteiger partial charge in [-0.3, -0.25) is 4.79 Å². The van der Waals surface area contributed by atoms with Crippen LogP contribution in [0.15, 0.2) is 0 Å². The van der Waals surface area contributed by atoms with Gasteiger partial charge in [0.15, 0.2) is 0 Å². The first kappa shape index (κ1) is 20.4. The number of carbonyl (C=O) groups excluding carboxylic acids is 1. The third kappa shape index (κ3) is 9.86. The van der Waals surface area contributed by atoms with Gasteiger partial charge in [-0.05, 0) is 33.2 Å². The summed E-state index contributed by atoms with van der Waals surface area (Å²) >= 11 is 0. The minimum atomic E-state index is -0.633. The second-order valence-corrected chi connectivity index (χ2v) is 5.71. The summed E-state index contributed by atoms with van der Waals surface area (Å²) in [6.45, 7) is 10.5. The Kier molecular flexibility index (Phi) is 12.7. The monoisotopic (exact) mass is 301 g/mol. The van der Waals surface area contributed by atoms with Crippen LogP contribution in [0.2, 0.25) is 0 Å². The van der Waals surface area contributed by atoms with Gasteiger partial charge in [0.1, 0.15) is 5.54 Å². The summed E-state index contributed by atoms with van der Waals surface area (Å²) in [7, 11) is 0. The van der Waals surface area contributed by atoms with Crippen molar-refractivity contribution in [1.82, 2.24) is 5.32 Å². The number of rotatable bonds is 14. The van der Waals surface area contributed by atoms with Crippen molar-refractivity contribution < 1.29 is 14.3 Å². The Bertz CT molecular complexity index is 258. The zero-order chi connectivity index (χ0) is 16.0. The van der Waals surface area contributed by atoms with E-state index in [1.807, 2.05) is 20.8 Å². The highest BCUT2D eigenvalue weighted by atomic mass is 16.5. The number of ether oxygens (including phenoxy) is 2. The Labute approximate surface area is 131 Å². The number of hydrogen-bond acceptors (Lipinski definition) is 4. The lowest BCUT2D eigenvalue weighted by atomic mass is 9.98. The Morgan fingerprint density at radius 2 is 1.67 bits per heavy atom. The van der Waals surface area contributed by atoms with Crippen molar-refractivity contribution in [2.45, 2.75) is 78.2 Å². The minimum Gasteiger partial charge on any atom is -0.465 e. The molecule has 1 N–H and O–H groups in total. The lowest BCUT2D eigenvalue weighted by Crippen LogP contribution is -2.51. The van der Waals surface area contributed by atoms with Gasteiger partial charge in [0.25, 0.3) is 0 Å². The second kappa shape index (κ2) is 13.1. The van der Waals surface area contributed by atoms with Gasteiger partial charge in [0, 0.05) is 13.2 Å². The van der Waals surface area contributed by atoms with Gasteiger partial charge < -0.3 is 14.8 Å². The smallest absolute Gasteiger partial charge is 0.326 e. The SMILES string of the molecule is CCCCCCCCOCCC(C)(NCC)C(=O)OCC. The van der Waals surface area contributed by atoms with Crippen LogP contribution < -0.4 is 5.32 Å². The molecule has 4 nitrogen and oxygen atoms in total. The van der Waals surface area contributed by atoms with Crippen LogP contribution in [-0.4, -0.2) is 37.9 Å². The van der Waals surface area contributed by atoms with E-state index in [2.05, 4.69) is 12.2 Å². The van der Waals surface area contributed by atoms with Crippen molar-refractivity contribution in [3.05, 3.63) is 0 Å². The van der Waals surface area contributed by atoms with E-state index in [0.717, 1.165) is 19.6 Å². The lowest BCUT2D eigenvalue weighted by molar-refractivity contribution is -0.151. The highest BCUT2D eigenvalue weighted by Gasteiger charge is 2.33. The molecule has 4 heteroatoms. The molecule has 0 saturated heterocycles. The molecule has 0 heterocycles. The van der Waals surface area contributed by atoms with Crippen LogP contribution in [0.4, 0.5) is 0 Å². The highest BCUT2D eigenvalue weighted by Crippen LogP contribution is 2.13. The van der Waals surface area contributed by atoms with Crippen LogP contribution in [0.25, 0.3) is 0 Å². The highest BCUT2D eigenvalue weighted by molar-refractivity contribution is 5.80. The third-order valence-electron chi connectivity index (χ3n) is 3.68. The maximum absolute atomic E-state index is 12.0. The van der Waals surface area contributed by atoms with E-state index >= 15 is 0 Å². The summed E-state index contributed by atoms with van der Waals surface area (Å²) in [5.41, 5.74) is -0.633. The number of unbranched alkanes of at least 4 members (excludes halogenated alkanes) is 5. The average Bonchev–Trinajstić information content (AvgIpc) is 2.46. The van der Waals surface area contributed by atoms with Crippen molar-refractivity contribution in [2.75, 3.05) is 26.4 Å². The van der Waals surface area contributed by atoms with Crippen molar-refractivity contribution in [2.24, 2.45) is 0 Å². The minimum absolute atomic E-state index is 0.185. The van der Waals surface area contributed by atoms with Crippen LogP contribution >= 0.6 is 0 Å². The van der Waals surface area contributed by atoms with Gasteiger partial charge in [-0.15, -0.1) is 0 Å². The molecule has 0 aliphatic rings. The van der Waals surface area contributed by atoms with Crippen LogP contribution in [0.5, 0.6) is 0 Å². The molecule has 0 amide bonds. The molecule has 126 valence electrons. The van der Waals surface area contributed by atoms with E-state index in [-0.39, 0.29) is 5.97 Å². The maximum atomic E-state index is 12.0. The quantitative estimate of drug-likeness (QED) is 0.393. The first-order valence-electron chi connectivity index (χ1n) is 8.60. The fourth-order valence-corrected chi connectivity index (χ4v) is 2.31. The van der Waals surface area contributed by atoms with Crippen LogP contribution in [-0.2, 0) is 14.3 Å². The van der Waals surface area contributed by atoms with Crippen molar-refractivity contribution >= 4 is 5.97 Å². The van der Waals surface area contributed by atoms with Gasteiger partial charge >= 0.3 is 5.97 Å². The van der Waals surface area contributed by atoms with Crippen molar-refractivity contribution in [3.63, 3.8) is 0 Å².